The van der Waals surface area contributed by atoms with Gasteiger partial charge in [-0.1, -0.05) is 0 Å². The molecule has 0 atom stereocenters. The maximum absolute atomic E-state index is 11.2. The highest BCUT2D eigenvalue weighted by atomic mass is 35.7. The molecule has 0 bridgehead atoms. The van der Waals surface area contributed by atoms with E-state index in [9.17, 15) is 8.42 Å². The van der Waals surface area contributed by atoms with Crippen molar-refractivity contribution in [2.24, 2.45) is 0 Å². The first kappa shape index (κ1) is 16.3. The molecule has 0 spiro atoms. The first-order chi connectivity index (χ1) is 8.59. The summed E-state index contributed by atoms with van der Waals surface area (Å²) in [7, 11) is 1.60. The zero-order valence-electron chi connectivity index (χ0n) is 11.6. The van der Waals surface area contributed by atoms with Crippen LogP contribution in [0.2, 0.25) is 0 Å². The van der Waals surface area contributed by atoms with Crippen LogP contribution in [0, 0.1) is 6.92 Å². The number of aryl methyl sites for hydroxylation is 1. The monoisotopic (exact) mass is 306 g/mol. The van der Waals surface area contributed by atoms with Gasteiger partial charge in [0.25, 0.3) is 9.05 Å². The fourth-order valence-corrected chi connectivity index (χ4v) is 2.69. The van der Waals surface area contributed by atoms with Gasteiger partial charge in [0.1, 0.15) is 12.4 Å². The largest absolute Gasteiger partial charge is 0.491 e. The summed E-state index contributed by atoms with van der Waals surface area (Å²) in [6.45, 7) is 8.46. The van der Waals surface area contributed by atoms with Crippen LogP contribution in [0.1, 0.15) is 26.3 Å². The van der Waals surface area contributed by atoms with E-state index in [-0.39, 0.29) is 10.5 Å². The molecular formula is C13H19ClO4S. The zero-order chi connectivity index (χ0) is 14.7. The Morgan fingerprint density at radius 3 is 2.32 bits per heavy atom. The van der Waals surface area contributed by atoms with Crippen LogP contribution in [0.3, 0.4) is 0 Å². The van der Waals surface area contributed by atoms with Crippen LogP contribution < -0.4 is 4.74 Å². The van der Waals surface area contributed by atoms with Gasteiger partial charge in [-0.05, 0) is 51.5 Å². The van der Waals surface area contributed by atoms with E-state index in [1.165, 1.54) is 6.07 Å². The first-order valence-corrected chi connectivity index (χ1v) is 8.22. The predicted molar refractivity (Wildman–Crippen MR) is 75.4 cm³/mol. The minimum Gasteiger partial charge on any atom is -0.491 e. The van der Waals surface area contributed by atoms with E-state index < -0.39 is 9.05 Å². The molecule has 0 aliphatic rings. The molecule has 19 heavy (non-hydrogen) atoms. The summed E-state index contributed by atoms with van der Waals surface area (Å²) in [5.41, 5.74) is 0.361. The van der Waals surface area contributed by atoms with Crippen molar-refractivity contribution in [2.75, 3.05) is 13.2 Å². The Balaban J connectivity index is 2.60. The quantitative estimate of drug-likeness (QED) is 0.619. The third-order valence-corrected chi connectivity index (χ3v) is 3.78. The van der Waals surface area contributed by atoms with E-state index >= 15 is 0 Å². The molecule has 0 unspecified atom stereocenters. The van der Waals surface area contributed by atoms with Crippen LogP contribution in [0.5, 0.6) is 5.75 Å². The topological polar surface area (TPSA) is 52.6 Å². The van der Waals surface area contributed by atoms with Crippen molar-refractivity contribution in [1.29, 1.82) is 0 Å². The summed E-state index contributed by atoms with van der Waals surface area (Å²) >= 11 is 0. The molecule has 0 aliphatic heterocycles. The standard InChI is InChI=1S/C13H19ClO4S/c1-10-9-11(5-6-12(10)19(14,15)16)17-7-8-18-13(2,3)4/h5-6,9H,7-8H2,1-4H3. The smallest absolute Gasteiger partial charge is 0.261 e. The van der Waals surface area contributed by atoms with E-state index in [0.717, 1.165) is 0 Å². The van der Waals surface area contributed by atoms with Crippen molar-refractivity contribution in [2.45, 2.75) is 38.2 Å². The molecule has 0 saturated heterocycles. The van der Waals surface area contributed by atoms with Crippen LogP contribution in [-0.4, -0.2) is 27.2 Å². The van der Waals surface area contributed by atoms with Crippen molar-refractivity contribution in [3.05, 3.63) is 23.8 Å². The summed E-state index contributed by atoms with van der Waals surface area (Å²) < 4.78 is 33.5. The molecule has 0 fully saturated rings. The maximum atomic E-state index is 11.2. The summed E-state index contributed by atoms with van der Waals surface area (Å²) in [5, 5.41) is 0. The SMILES string of the molecule is Cc1cc(OCCOC(C)(C)C)ccc1S(=O)(=O)Cl. The highest BCUT2D eigenvalue weighted by Crippen LogP contribution is 2.23. The Labute approximate surface area is 119 Å². The second kappa shape index (κ2) is 6.11. The number of ether oxygens (including phenoxy) is 2. The van der Waals surface area contributed by atoms with Gasteiger partial charge in [-0.3, -0.25) is 0 Å². The minimum atomic E-state index is -3.70. The minimum absolute atomic E-state index is 0.104. The van der Waals surface area contributed by atoms with Crippen LogP contribution in [0.15, 0.2) is 23.1 Å². The van der Waals surface area contributed by atoms with E-state index in [0.29, 0.717) is 24.5 Å². The molecule has 1 rings (SSSR count). The molecule has 0 aliphatic carbocycles. The summed E-state index contributed by atoms with van der Waals surface area (Å²) in [6, 6.07) is 4.67. The van der Waals surface area contributed by atoms with Gasteiger partial charge in [0.2, 0.25) is 0 Å². The third kappa shape index (κ3) is 5.80. The van der Waals surface area contributed by atoms with Gasteiger partial charge in [0, 0.05) is 10.7 Å². The lowest BCUT2D eigenvalue weighted by Crippen LogP contribution is -2.22. The van der Waals surface area contributed by atoms with Gasteiger partial charge >= 0.3 is 0 Å². The number of hydrogen-bond donors (Lipinski definition) is 0. The molecule has 108 valence electrons. The van der Waals surface area contributed by atoms with Crippen LogP contribution >= 0.6 is 10.7 Å². The predicted octanol–water partition coefficient (Wildman–Crippen LogP) is 3.12. The van der Waals surface area contributed by atoms with Crippen LogP contribution in [-0.2, 0) is 13.8 Å². The normalized spacial score (nSPS) is 12.5. The summed E-state index contributed by atoms with van der Waals surface area (Å²) in [5.74, 6) is 0.596. The molecule has 4 nitrogen and oxygen atoms in total. The van der Waals surface area contributed by atoms with Crippen LogP contribution in [0.25, 0.3) is 0 Å². The molecular weight excluding hydrogens is 288 g/mol. The van der Waals surface area contributed by atoms with Crippen molar-refractivity contribution in [1.82, 2.24) is 0 Å². The Kier molecular flexibility index (Phi) is 5.24. The van der Waals surface area contributed by atoms with Gasteiger partial charge in [-0.2, -0.15) is 0 Å². The Hall–Kier alpha value is -0.780. The second-order valence-corrected chi connectivity index (χ2v) is 7.71. The van der Waals surface area contributed by atoms with Crippen LogP contribution in [0.4, 0.5) is 0 Å². The van der Waals surface area contributed by atoms with Crippen molar-refractivity contribution in [3.63, 3.8) is 0 Å². The lowest BCUT2D eigenvalue weighted by Gasteiger charge is -2.19. The van der Waals surface area contributed by atoms with Crippen molar-refractivity contribution >= 4 is 19.7 Å². The van der Waals surface area contributed by atoms with E-state index in [2.05, 4.69) is 0 Å². The van der Waals surface area contributed by atoms with E-state index in [1.54, 1.807) is 19.1 Å². The average molecular weight is 307 g/mol. The van der Waals surface area contributed by atoms with E-state index in [1.807, 2.05) is 20.8 Å². The average Bonchev–Trinajstić information content (AvgIpc) is 2.21. The Bertz CT molecular complexity index is 532. The van der Waals surface area contributed by atoms with Gasteiger partial charge in [0.05, 0.1) is 17.1 Å². The van der Waals surface area contributed by atoms with Crippen molar-refractivity contribution in [3.8, 4) is 5.75 Å². The Morgan fingerprint density at radius 2 is 1.84 bits per heavy atom. The number of hydrogen-bond acceptors (Lipinski definition) is 4. The summed E-state index contributed by atoms with van der Waals surface area (Å²) in [4.78, 5) is 0.104. The molecule has 0 saturated carbocycles. The number of halogens is 1. The lowest BCUT2D eigenvalue weighted by atomic mass is 10.2. The Morgan fingerprint density at radius 1 is 1.21 bits per heavy atom. The molecule has 0 amide bonds. The van der Waals surface area contributed by atoms with Crippen molar-refractivity contribution < 1.29 is 17.9 Å². The lowest BCUT2D eigenvalue weighted by molar-refractivity contribution is -0.0163. The fraction of sp³-hybridized carbons (Fsp3) is 0.538. The highest BCUT2D eigenvalue weighted by molar-refractivity contribution is 8.13. The highest BCUT2D eigenvalue weighted by Gasteiger charge is 2.14. The first-order valence-electron chi connectivity index (χ1n) is 5.92. The van der Waals surface area contributed by atoms with E-state index in [4.69, 9.17) is 20.2 Å². The number of rotatable bonds is 5. The summed E-state index contributed by atoms with van der Waals surface area (Å²) in [6.07, 6.45) is 0. The molecule has 1 aromatic carbocycles. The zero-order valence-corrected chi connectivity index (χ0v) is 13.1. The van der Waals surface area contributed by atoms with Gasteiger partial charge in [0.15, 0.2) is 0 Å². The molecule has 0 radical (unpaired) electrons. The van der Waals surface area contributed by atoms with Gasteiger partial charge in [-0.15, -0.1) is 0 Å². The molecule has 0 aromatic heterocycles. The molecule has 6 heteroatoms. The van der Waals surface area contributed by atoms with Gasteiger partial charge in [-0.25, -0.2) is 8.42 Å². The maximum Gasteiger partial charge on any atom is 0.261 e. The molecule has 0 heterocycles. The number of benzene rings is 1. The van der Waals surface area contributed by atoms with Gasteiger partial charge < -0.3 is 9.47 Å². The third-order valence-electron chi connectivity index (χ3n) is 2.30. The molecule has 1 aromatic rings. The second-order valence-electron chi connectivity index (χ2n) is 5.17. The fourth-order valence-electron chi connectivity index (χ4n) is 1.49. The molecule has 0 N–H and O–H groups in total.